The molecule has 0 unspecified atom stereocenters. The molecule has 1 aliphatic heterocycles. The van der Waals surface area contributed by atoms with E-state index in [4.69, 9.17) is 27.9 Å². The number of carbonyl (C=O) groups is 2. The molecule has 1 aliphatic rings. The van der Waals surface area contributed by atoms with E-state index in [1.165, 1.54) is 24.9 Å². The standard InChI is InChI=1S/C15H12Cl2N2O3S/c1-22-15(21)12-11(8-4-3-7(16)5-10(8)17)9(6-18)14(23-2)19-13(12)20/h3-5,11-12H,1-2H3,(H,19,20)/t11-,12-/m1/s1. The van der Waals surface area contributed by atoms with Crippen molar-refractivity contribution >= 4 is 46.8 Å². The van der Waals surface area contributed by atoms with Gasteiger partial charge in [-0.1, -0.05) is 29.3 Å². The summed E-state index contributed by atoms with van der Waals surface area (Å²) in [5, 5.41) is 13.2. The molecular formula is C15H12Cl2N2O3S. The Bertz CT molecular complexity index is 743. The molecule has 0 spiro atoms. The molecule has 0 bridgehead atoms. The summed E-state index contributed by atoms with van der Waals surface area (Å²) in [6.45, 7) is 0. The van der Waals surface area contributed by atoms with Gasteiger partial charge in [0.05, 0.1) is 23.8 Å². The summed E-state index contributed by atoms with van der Waals surface area (Å²) in [5.41, 5.74) is 0.737. The van der Waals surface area contributed by atoms with Crippen LogP contribution in [-0.2, 0) is 14.3 Å². The van der Waals surface area contributed by atoms with Gasteiger partial charge in [-0.25, -0.2) is 0 Å². The predicted molar refractivity (Wildman–Crippen MR) is 89.0 cm³/mol. The van der Waals surface area contributed by atoms with E-state index in [2.05, 4.69) is 11.4 Å². The quantitative estimate of drug-likeness (QED) is 0.653. The highest BCUT2D eigenvalue weighted by Crippen LogP contribution is 2.42. The van der Waals surface area contributed by atoms with Gasteiger partial charge < -0.3 is 10.1 Å². The van der Waals surface area contributed by atoms with Gasteiger partial charge in [-0.15, -0.1) is 11.8 Å². The number of allylic oxidation sites excluding steroid dienone is 1. The van der Waals surface area contributed by atoms with E-state index in [9.17, 15) is 14.9 Å². The van der Waals surface area contributed by atoms with Crippen molar-refractivity contribution in [3.05, 3.63) is 44.4 Å². The largest absolute Gasteiger partial charge is 0.468 e. The summed E-state index contributed by atoms with van der Waals surface area (Å²) < 4.78 is 4.73. The molecule has 1 N–H and O–H groups in total. The lowest BCUT2D eigenvalue weighted by atomic mass is 9.78. The van der Waals surface area contributed by atoms with E-state index >= 15 is 0 Å². The first-order chi connectivity index (χ1) is 10.9. The minimum Gasteiger partial charge on any atom is -0.468 e. The molecule has 1 heterocycles. The Labute approximate surface area is 147 Å². The molecule has 8 heteroatoms. The zero-order valence-electron chi connectivity index (χ0n) is 12.2. The number of methoxy groups -OCH3 is 1. The molecule has 0 aromatic heterocycles. The van der Waals surface area contributed by atoms with E-state index in [0.29, 0.717) is 15.6 Å². The van der Waals surface area contributed by atoms with Crippen molar-refractivity contribution in [3.63, 3.8) is 0 Å². The number of esters is 1. The second-order valence-electron chi connectivity index (χ2n) is 4.69. The summed E-state index contributed by atoms with van der Waals surface area (Å²) in [7, 11) is 1.19. The molecule has 0 saturated carbocycles. The lowest BCUT2D eigenvalue weighted by molar-refractivity contribution is -0.150. The van der Waals surface area contributed by atoms with Gasteiger partial charge in [-0.05, 0) is 24.0 Å². The molecule has 2 atom stereocenters. The average molecular weight is 371 g/mol. The molecule has 0 radical (unpaired) electrons. The molecule has 1 aromatic rings. The van der Waals surface area contributed by atoms with Crippen LogP contribution in [0.1, 0.15) is 11.5 Å². The summed E-state index contributed by atoms with van der Waals surface area (Å²) in [5.74, 6) is -3.28. The van der Waals surface area contributed by atoms with Crippen LogP contribution in [0.3, 0.4) is 0 Å². The van der Waals surface area contributed by atoms with Crippen molar-refractivity contribution in [2.45, 2.75) is 5.92 Å². The number of nitrogens with one attached hydrogen (secondary N) is 1. The van der Waals surface area contributed by atoms with E-state index in [0.717, 1.165) is 0 Å². The Hall–Kier alpha value is -1.68. The van der Waals surface area contributed by atoms with E-state index < -0.39 is 23.7 Å². The maximum absolute atomic E-state index is 12.3. The van der Waals surface area contributed by atoms with Gasteiger partial charge in [-0.3, -0.25) is 9.59 Å². The van der Waals surface area contributed by atoms with Crippen molar-refractivity contribution in [3.8, 4) is 6.07 Å². The predicted octanol–water partition coefficient (Wildman–Crippen LogP) is 3.09. The van der Waals surface area contributed by atoms with Crippen molar-refractivity contribution in [1.29, 1.82) is 5.26 Å². The van der Waals surface area contributed by atoms with Gasteiger partial charge in [0.15, 0.2) is 0 Å². The summed E-state index contributed by atoms with van der Waals surface area (Å²) >= 11 is 13.3. The van der Waals surface area contributed by atoms with Crippen LogP contribution >= 0.6 is 35.0 Å². The first-order valence-electron chi connectivity index (χ1n) is 6.46. The number of thioether (sulfide) groups is 1. The second-order valence-corrected chi connectivity index (χ2v) is 6.35. The SMILES string of the molecule is COC(=O)[C@H]1C(=O)NC(SC)=C(C#N)[C@H]1c1ccc(Cl)cc1Cl. The Morgan fingerprint density at radius 2 is 2.13 bits per heavy atom. The summed E-state index contributed by atoms with van der Waals surface area (Å²) in [6, 6.07) is 6.78. The number of hydrogen-bond acceptors (Lipinski definition) is 5. The maximum Gasteiger partial charge on any atom is 0.319 e. The highest BCUT2D eigenvalue weighted by molar-refractivity contribution is 8.02. The Balaban J connectivity index is 2.70. The van der Waals surface area contributed by atoms with Crippen LogP contribution in [0.5, 0.6) is 0 Å². The number of nitriles is 1. The van der Waals surface area contributed by atoms with E-state index in [1.807, 2.05) is 0 Å². The van der Waals surface area contributed by atoms with Gasteiger partial charge in [0.25, 0.3) is 0 Å². The van der Waals surface area contributed by atoms with Crippen LogP contribution < -0.4 is 5.32 Å². The van der Waals surface area contributed by atoms with Crippen LogP contribution in [0.15, 0.2) is 28.8 Å². The Kier molecular flexibility index (Phi) is 5.58. The summed E-state index contributed by atoms with van der Waals surface area (Å²) in [6.07, 6.45) is 1.73. The normalized spacial score (nSPS) is 20.7. The molecule has 23 heavy (non-hydrogen) atoms. The fourth-order valence-electron chi connectivity index (χ4n) is 2.46. The van der Waals surface area contributed by atoms with Crippen LogP contribution in [0.25, 0.3) is 0 Å². The number of rotatable bonds is 3. The lowest BCUT2D eigenvalue weighted by Crippen LogP contribution is -2.44. The van der Waals surface area contributed by atoms with E-state index in [1.54, 1.807) is 18.4 Å². The minimum atomic E-state index is -1.19. The zero-order valence-corrected chi connectivity index (χ0v) is 14.6. The summed E-state index contributed by atoms with van der Waals surface area (Å²) in [4.78, 5) is 24.5. The fourth-order valence-corrected chi connectivity index (χ4v) is 3.58. The monoisotopic (exact) mass is 370 g/mol. The number of nitrogens with zero attached hydrogens (tertiary/aromatic N) is 1. The smallest absolute Gasteiger partial charge is 0.319 e. The van der Waals surface area contributed by atoms with Gasteiger partial charge in [0.1, 0.15) is 5.92 Å². The van der Waals surface area contributed by atoms with Crippen molar-refractivity contribution in [1.82, 2.24) is 5.32 Å². The van der Waals surface area contributed by atoms with Gasteiger partial charge in [0.2, 0.25) is 5.91 Å². The first-order valence-corrected chi connectivity index (χ1v) is 8.44. The molecule has 5 nitrogen and oxygen atoms in total. The van der Waals surface area contributed by atoms with Crippen LogP contribution in [-0.4, -0.2) is 25.2 Å². The van der Waals surface area contributed by atoms with Crippen LogP contribution in [0.2, 0.25) is 10.0 Å². The zero-order chi connectivity index (χ0) is 17.1. The molecular weight excluding hydrogens is 359 g/mol. The number of ether oxygens (including phenoxy) is 1. The Morgan fingerprint density at radius 1 is 1.43 bits per heavy atom. The average Bonchev–Trinajstić information content (AvgIpc) is 2.53. The van der Waals surface area contributed by atoms with Crippen molar-refractivity contribution in [2.24, 2.45) is 5.92 Å². The van der Waals surface area contributed by atoms with Gasteiger partial charge in [-0.2, -0.15) is 5.26 Å². The first kappa shape index (κ1) is 17.7. The third-order valence-electron chi connectivity index (χ3n) is 3.49. The number of halogens is 2. The molecule has 0 saturated heterocycles. The lowest BCUT2D eigenvalue weighted by Gasteiger charge is -2.31. The highest BCUT2D eigenvalue weighted by atomic mass is 35.5. The van der Waals surface area contributed by atoms with Crippen LogP contribution in [0.4, 0.5) is 0 Å². The van der Waals surface area contributed by atoms with Gasteiger partial charge >= 0.3 is 5.97 Å². The van der Waals surface area contributed by atoms with Gasteiger partial charge in [0, 0.05) is 16.0 Å². The minimum absolute atomic E-state index is 0.261. The number of hydrogen-bond donors (Lipinski definition) is 1. The number of amides is 1. The maximum atomic E-state index is 12.3. The highest BCUT2D eigenvalue weighted by Gasteiger charge is 2.44. The third kappa shape index (κ3) is 3.32. The third-order valence-corrected chi connectivity index (χ3v) is 4.78. The molecule has 1 amide bonds. The molecule has 2 rings (SSSR count). The molecule has 1 aromatic carbocycles. The second kappa shape index (κ2) is 7.26. The Morgan fingerprint density at radius 3 is 2.65 bits per heavy atom. The number of carbonyl (C=O) groups excluding carboxylic acids is 2. The molecule has 120 valence electrons. The molecule has 0 fully saturated rings. The topological polar surface area (TPSA) is 79.2 Å². The van der Waals surface area contributed by atoms with Crippen LogP contribution in [0, 0.1) is 17.2 Å². The fraction of sp³-hybridized carbons (Fsp3) is 0.267. The number of benzene rings is 1. The van der Waals surface area contributed by atoms with E-state index in [-0.39, 0.29) is 10.6 Å². The van der Waals surface area contributed by atoms with Crippen molar-refractivity contribution < 1.29 is 14.3 Å². The van der Waals surface area contributed by atoms with Crippen molar-refractivity contribution in [2.75, 3.05) is 13.4 Å². The molecule has 0 aliphatic carbocycles.